The Morgan fingerprint density at radius 3 is 2.29 bits per heavy atom. The molecule has 0 aliphatic carbocycles. The smallest absolute Gasteiger partial charge is 0.288 e. The van der Waals surface area contributed by atoms with Crippen LogP contribution in [0, 0.1) is 11.6 Å². The Morgan fingerprint density at radius 1 is 1.04 bits per heavy atom. The van der Waals surface area contributed by atoms with Crippen molar-refractivity contribution in [3.05, 3.63) is 54.1 Å². The molecule has 2 aromatic rings. The molecule has 0 aliphatic heterocycles. The number of hydrogen-bond acceptors (Lipinski definition) is 3. The Morgan fingerprint density at radius 2 is 1.71 bits per heavy atom. The van der Waals surface area contributed by atoms with Crippen molar-refractivity contribution in [2.45, 2.75) is 27.7 Å². The zero-order valence-electron chi connectivity index (χ0n) is 12.4. The number of amides is 1. The van der Waals surface area contributed by atoms with Crippen LogP contribution in [0.5, 0.6) is 0 Å². The highest BCUT2D eigenvalue weighted by molar-refractivity contribution is 8.00. The monoisotopic (exact) mass is 375 g/mol. The third kappa shape index (κ3) is 5.45. The Balaban J connectivity index is 1.96. The van der Waals surface area contributed by atoms with Gasteiger partial charge in [-0.15, -0.1) is 11.8 Å². The second-order valence-electron chi connectivity index (χ2n) is 4.73. The van der Waals surface area contributed by atoms with Crippen LogP contribution in [0.3, 0.4) is 0 Å². The van der Waals surface area contributed by atoms with Crippen LogP contribution in [-0.2, 0) is 4.79 Å². The summed E-state index contributed by atoms with van der Waals surface area (Å²) in [5.41, 5.74) is 0.450. The predicted octanol–water partition coefficient (Wildman–Crippen LogP) is 5.40. The summed E-state index contributed by atoms with van der Waals surface area (Å²) in [5, 5.41) is 2.00. The van der Waals surface area contributed by atoms with Crippen LogP contribution in [-0.4, -0.2) is 16.9 Å². The standard InChI is InChI=1S/C16H13F4NOS2/c1-9(23-14-7-2-10(17)8-13(14)18)15(22)21-11-3-5-12(6-4-11)24-16(19)20/h2-9,16H,1H3,(H,21,22). The predicted molar refractivity (Wildman–Crippen MR) is 88.6 cm³/mol. The molecule has 0 bridgehead atoms. The van der Waals surface area contributed by atoms with Crippen LogP contribution >= 0.6 is 23.5 Å². The van der Waals surface area contributed by atoms with E-state index in [2.05, 4.69) is 5.32 Å². The fourth-order valence-electron chi connectivity index (χ4n) is 1.78. The molecule has 0 saturated heterocycles. The van der Waals surface area contributed by atoms with E-state index >= 15 is 0 Å². The quantitative estimate of drug-likeness (QED) is 0.541. The maximum Gasteiger partial charge on any atom is 0.288 e. The van der Waals surface area contributed by atoms with Crippen LogP contribution in [0.25, 0.3) is 0 Å². The molecule has 0 heterocycles. The summed E-state index contributed by atoms with van der Waals surface area (Å²) >= 11 is 1.38. The lowest BCUT2D eigenvalue weighted by atomic mass is 10.3. The maximum absolute atomic E-state index is 13.6. The van der Waals surface area contributed by atoms with Crippen molar-refractivity contribution in [3.8, 4) is 0 Å². The third-order valence-corrected chi connectivity index (χ3v) is 4.79. The average molecular weight is 375 g/mol. The van der Waals surface area contributed by atoms with Crippen LogP contribution in [0.4, 0.5) is 23.2 Å². The average Bonchev–Trinajstić information content (AvgIpc) is 2.51. The van der Waals surface area contributed by atoms with E-state index in [1.807, 2.05) is 0 Å². The van der Waals surface area contributed by atoms with Crippen molar-refractivity contribution in [1.29, 1.82) is 0 Å². The second-order valence-corrected chi connectivity index (χ2v) is 7.17. The van der Waals surface area contributed by atoms with Crippen molar-refractivity contribution in [1.82, 2.24) is 0 Å². The topological polar surface area (TPSA) is 29.1 Å². The summed E-state index contributed by atoms with van der Waals surface area (Å²) in [6.07, 6.45) is 0. The fourth-order valence-corrected chi connectivity index (χ4v) is 3.14. The van der Waals surface area contributed by atoms with Gasteiger partial charge in [0.25, 0.3) is 5.76 Å². The van der Waals surface area contributed by atoms with E-state index in [4.69, 9.17) is 0 Å². The number of nitrogens with one attached hydrogen (secondary N) is 1. The summed E-state index contributed by atoms with van der Waals surface area (Å²) < 4.78 is 50.9. The van der Waals surface area contributed by atoms with Crippen molar-refractivity contribution in [3.63, 3.8) is 0 Å². The van der Waals surface area contributed by atoms with Gasteiger partial charge in [-0.2, -0.15) is 8.78 Å². The van der Waals surface area contributed by atoms with Crippen molar-refractivity contribution < 1.29 is 22.4 Å². The van der Waals surface area contributed by atoms with Gasteiger partial charge in [-0.05, 0) is 43.3 Å². The van der Waals surface area contributed by atoms with Gasteiger partial charge in [0.05, 0.1) is 5.25 Å². The van der Waals surface area contributed by atoms with Gasteiger partial charge in [-0.25, -0.2) is 8.78 Å². The largest absolute Gasteiger partial charge is 0.325 e. The number of hydrogen-bond donors (Lipinski definition) is 1. The lowest BCUT2D eigenvalue weighted by molar-refractivity contribution is -0.115. The lowest BCUT2D eigenvalue weighted by Gasteiger charge is -2.13. The molecular weight excluding hydrogens is 362 g/mol. The number of thioether (sulfide) groups is 2. The SMILES string of the molecule is CC(Sc1ccc(F)cc1F)C(=O)Nc1ccc(SC(F)F)cc1. The van der Waals surface area contributed by atoms with Gasteiger partial charge in [-0.1, -0.05) is 11.8 Å². The molecule has 128 valence electrons. The molecule has 2 aromatic carbocycles. The molecule has 1 amide bonds. The molecule has 1 atom stereocenters. The second kappa shape index (κ2) is 8.43. The molecule has 1 N–H and O–H groups in total. The molecule has 0 radical (unpaired) electrons. The van der Waals surface area contributed by atoms with Gasteiger partial charge in [0.15, 0.2) is 0 Å². The van der Waals surface area contributed by atoms with E-state index < -0.39 is 22.6 Å². The fraction of sp³-hybridized carbons (Fsp3) is 0.188. The number of anilines is 1. The number of carbonyl (C=O) groups is 1. The maximum atomic E-state index is 13.6. The number of carbonyl (C=O) groups excluding carboxylic acids is 1. The van der Waals surface area contributed by atoms with E-state index in [1.165, 1.54) is 30.3 Å². The molecule has 8 heteroatoms. The molecule has 2 rings (SSSR count). The van der Waals surface area contributed by atoms with Crippen molar-refractivity contribution in [2.24, 2.45) is 0 Å². The molecule has 0 saturated carbocycles. The van der Waals surface area contributed by atoms with Gasteiger partial charge in [0.1, 0.15) is 11.6 Å². The van der Waals surface area contributed by atoms with E-state index in [1.54, 1.807) is 6.92 Å². The summed E-state index contributed by atoms with van der Waals surface area (Å²) in [6.45, 7) is 1.59. The number of halogens is 4. The number of benzene rings is 2. The molecule has 1 unspecified atom stereocenters. The van der Waals surface area contributed by atoms with Gasteiger partial charge < -0.3 is 5.32 Å². The van der Waals surface area contributed by atoms with Crippen LogP contribution in [0.15, 0.2) is 52.3 Å². The first-order chi connectivity index (χ1) is 11.3. The number of rotatable bonds is 6. The van der Waals surface area contributed by atoms with E-state index in [0.29, 0.717) is 22.3 Å². The highest BCUT2D eigenvalue weighted by Gasteiger charge is 2.17. The van der Waals surface area contributed by atoms with Gasteiger partial charge in [-0.3, -0.25) is 4.79 Å². The van der Waals surface area contributed by atoms with Crippen molar-refractivity contribution >= 4 is 35.1 Å². The summed E-state index contributed by atoms with van der Waals surface area (Å²) in [6, 6.07) is 9.13. The Bertz CT molecular complexity index is 710. The van der Waals surface area contributed by atoms with Gasteiger partial charge >= 0.3 is 0 Å². The van der Waals surface area contributed by atoms with Gasteiger partial charge in [0.2, 0.25) is 5.91 Å². The minimum absolute atomic E-state index is 0.169. The molecule has 2 nitrogen and oxygen atoms in total. The normalized spacial score (nSPS) is 12.2. The lowest BCUT2D eigenvalue weighted by Crippen LogP contribution is -2.22. The summed E-state index contributed by atoms with van der Waals surface area (Å²) in [5.74, 6) is -4.30. The Hall–Kier alpha value is -1.67. The molecule has 0 aliphatic rings. The van der Waals surface area contributed by atoms with Gasteiger partial charge in [0, 0.05) is 21.5 Å². The van der Waals surface area contributed by atoms with Crippen LogP contribution in [0.1, 0.15) is 6.92 Å². The first-order valence-electron chi connectivity index (χ1n) is 6.82. The molecule has 0 fully saturated rings. The third-order valence-electron chi connectivity index (χ3n) is 2.91. The summed E-state index contributed by atoms with van der Waals surface area (Å²) in [4.78, 5) is 12.7. The summed E-state index contributed by atoms with van der Waals surface area (Å²) in [7, 11) is 0. The Kier molecular flexibility index (Phi) is 6.56. The highest BCUT2D eigenvalue weighted by Crippen LogP contribution is 2.28. The van der Waals surface area contributed by atoms with Crippen molar-refractivity contribution in [2.75, 3.05) is 5.32 Å². The van der Waals surface area contributed by atoms with Crippen LogP contribution in [0.2, 0.25) is 0 Å². The Labute approximate surface area is 145 Å². The minimum atomic E-state index is -2.51. The van der Waals surface area contributed by atoms with E-state index in [9.17, 15) is 22.4 Å². The highest BCUT2D eigenvalue weighted by atomic mass is 32.2. The zero-order valence-corrected chi connectivity index (χ0v) is 14.1. The zero-order chi connectivity index (χ0) is 17.7. The molecule has 0 spiro atoms. The van der Waals surface area contributed by atoms with E-state index in [-0.39, 0.29) is 10.8 Å². The minimum Gasteiger partial charge on any atom is -0.325 e. The van der Waals surface area contributed by atoms with Crippen LogP contribution < -0.4 is 5.32 Å². The van der Waals surface area contributed by atoms with E-state index in [0.717, 1.165) is 23.9 Å². The molecule has 24 heavy (non-hydrogen) atoms. The first kappa shape index (κ1) is 18.7. The molecular formula is C16H13F4NOS2. The first-order valence-corrected chi connectivity index (χ1v) is 8.58. The number of alkyl halides is 2. The molecule has 0 aromatic heterocycles.